The molecular weight excluding hydrogens is 336 g/mol. The minimum Gasteiger partial charge on any atom is -0.334 e. The van der Waals surface area contributed by atoms with E-state index in [0.717, 1.165) is 61.7 Å². The normalized spacial score (nSPS) is 15.6. The third-order valence-corrected chi connectivity index (χ3v) is 5.35. The summed E-state index contributed by atoms with van der Waals surface area (Å²) in [5.74, 6) is 0.618. The minimum absolute atomic E-state index is 0.161. The lowest BCUT2D eigenvalue weighted by Crippen LogP contribution is -3.12. The second kappa shape index (κ2) is 8.26. The van der Waals surface area contributed by atoms with Gasteiger partial charge < -0.3 is 9.80 Å². The van der Waals surface area contributed by atoms with Gasteiger partial charge in [-0.2, -0.15) is 5.10 Å². The van der Waals surface area contributed by atoms with Crippen molar-refractivity contribution in [1.82, 2.24) is 14.7 Å². The molecular formula is C22H33N4O+. The van der Waals surface area contributed by atoms with Crippen molar-refractivity contribution in [2.45, 2.75) is 40.5 Å². The Kier molecular flexibility index (Phi) is 6.00. The number of nitrogens with zero attached hydrogens (tertiary/aromatic N) is 3. The number of amides is 1. The van der Waals surface area contributed by atoms with Crippen molar-refractivity contribution in [3.05, 3.63) is 46.8 Å². The number of carbonyl (C=O) groups excluding carboxylic acids is 1. The topological polar surface area (TPSA) is 42.6 Å². The van der Waals surface area contributed by atoms with Crippen LogP contribution in [0.25, 0.3) is 5.69 Å². The second-order valence-corrected chi connectivity index (χ2v) is 8.22. The highest BCUT2D eigenvalue weighted by Crippen LogP contribution is 2.24. The van der Waals surface area contributed by atoms with Gasteiger partial charge in [0.1, 0.15) is 0 Å². The minimum atomic E-state index is 0.161. The van der Waals surface area contributed by atoms with Crippen LogP contribution in [0.3, 0.4) is 0 Å². The van der Waals surface area contributed by atoms with Crippen LogP contribution in [0.4, 0.5) is 0 Å². The molecule has 2 aromatic rings. The number of benzene rings is 1. The molecule has 1 N–H and O–H groups in total. The summed E-state index contributed by atoms with van der Waals surface area (Å²) < 4.78 is 2.00. The number of nitrogens with one attached hydrogen (secondary N) is 1. The van der Waals surface area contributed by atoms with Crippen molar-refractivity contribution in [3.63, 3.8) is 0 Å². The highest BCUT2D eigenvalue weighted by molar-refractivity contribution is 5.96. The number of aromatic nitrogens is 2. The van der Waals surface area contributed by atoms with Gasteiger partial charge in [0.05, 0.1) is 55.9 Å². The van der Waals surface area contributed by atoms with Crippen LogP contribution in [-0.4, -0.2) is 53.8 Å². The standard InChI is InChI=1S/C22H32N4O/c1-6-20-21(22(27)25-12-10-24(5)11-13-25)19(14-16(2)3)23-26(20)18-9-7-8-17(4)15-18/h7-9,15-16H,6,10-14H2,1-5H3/p+1. The van der Waals surface area contributed by atoms with Gasteiger partial charge >= 0.3 is 0 Å². The Labute approximate surface area is 163 Å². The number of aryl methyl sites for hydroxylation is 1. The maximum Gasteiger partial charge on any atom is 0.258 e. The molecule has 5 nitrogen and oxygen atoms in total. The lowest BCUT2D eigenvalue weighted by molar-refractivity contribution is -0.883. The zero-order valence-corrected chi connectivity index (χ0v) is 17.4. The number of carbonyl (C=O) groups is 1. The van der Waals surface area contributed by atoms with Gasteiger partial charge in [-0.05, 0) is 43.4 Å². The van der Waals surface area contributed by atoms with Gasteiger partial charge in [-0.25, -0.2) is 4.68 Å². The molecule has 1 aromatic heterocycles. The van der Waals surface area contributed by atoms with Gasteiger partial charge in [0, 0.05) is 0 Å². The Morgan fingerprint density at radius 2 is 1.96 bits per heavy atom. The van der Waals surface area contributed by atoms with E-state index >= 15 is 0 Å². The first-order valence-electron chi connectivity index (χ1n) is 10.2. The zero-order chi connectivity index (χ0) is 19.6. The molecule has 0 spiro atoms. The maximum atomic E-state index is 13.5. The van der Waals surface area contributed by atoms with Crippen molar-refractivity contribution in [1.29, 1.82) is 0 Å². The monoisotopic (exact) mass is 369 g/mol. The van der Waals surface area contributed by atoms with Crippen LogP contribution in [0, 0.1) is 12.8 Å². The van der Waals surface area contributed by atoms with E-state index in [2.05, 4.69) is 59.0 Å². The van der Waals surface area contributed by atoms with Crippen molar-refractivity contribution < 1.29 is 9.69 Å². The average Bonchev–Trinajstić information content (AvgIpc) is 2.99. The Hall–Kier alpha value is -2.14. The molecule has 3 rings (SSSR count). The lowest BCUT2D eigenvalue weighted by atomic mass is 10.0. The molecule has 0 atom stereocenters. The zero-order valence-electron chi connectivity index (χ0n) is 17.4. The number of rotatable bonds is 5. The molecule has 1 saturated heterocycles. The first-order chi connectivity index (χ1) is 12.9. The third kappa shape index (κ3) is 4.24. The quantitative estimate of drug-likeness (QED) is 0.875. The van der Waals surface area contributed by atoms with Crippen molar-refractivity contribution in [3.8, 4) is 5.69 Å². The fraction of sp³-hybridized carbons (Fsp3) is 0.545. The predicted molar refractivity (Wildman–Crippen MR) is 109 cm³/mol. The van der Waals surface area contributed by atoms with Crippen molar-refractivity contribution in [2.75, 3.05) is 33.2 Å². The molecule has 0 aliphatic carbocycles. The van der Waals surface area contributed by atoms with Crippen LogP contribution in [0.15, 0.2) is 24.3 Å². The molecule has 5 heteroatoms. The van der Waals surface area contributed by atoms with E-state index in [9.17, 15) is 4.79 Å². The van der Waals surface area contributed by atoms with Crippen LogP contribution >= 0.6 is 0 Å². The number of hydrogen-bond donors (Lipinski definition) is 1. The molecule has 0 unspecified atom stereocenters. The van der Waals surface area contributed by atoms with E-state index < -0.39 is 0 Å². The number of hydrogen-bond acceptors (Lipinski definition) is 2. The molecule has 0 radical (unpaired) electrons. The molecule has 1 aromatic carbocycles. The third-order valence-electron chi connectivity index (χ3n) is 5.35. The summed E-state index contributed by atoms with van der Waals surface area (Å²) in [5.41, 5.74) is 5.06. The van der Waals surface area contributed by atoms with E-state index in [1.54, 1.807) is 0 Å². The first-order valence-corrected chi connectivity index (χ1v) is 10.2. The second-order valence-electron chi connectivity index (χ2n) is 8.22. The largest absolute Gasteiger partial charge is 0.334 e. The van der Waals surface area contributed by atoms with Gasteiger partial charge in [-0.3, -0.25) is 4.79 Å². The van der Waals surface area contributed by atoms with Gasteiger partial charge in [0.2, 0.25) is 0 Å². The predicted octanol–water partition coefficient (Wildman–Crippen LogP) is 1.91. The maximum absolute atomic E-state index is 13.5. The van der Waals surface area contributed by atoms with E-state index in [1.165, 1.54) is 10.5 Å². The van der Waals surface area contributed by atoms with E-state index in [1.807, 2.05) is 9.58 Å². The number of piperazine rings is 1. The molecule has 1 aliphatic heterocycles. The molecule has 27 heavy (non-hydrogen) atoms. The SMILES string of the molecule is CCc1c(C(=O)N2CC[NH+](C)CC2)c(CC(C)C)nn1-c1cccc(C)c1. The van der Waals surface area contributed by atoms with Gasteiger partial charge in [-0.15, -0.1) is 0 Å². The Balaban J connectivity index is 2.06. The summed E-state index contributed by atoms with van der Waals surface area (Å²) in [6, 6.07) is 8.36. The fourth-order valence-electron chi connectivity index (χ4n) is 3.83. The molecule has 146 valence electrons. The van der Waals surface area contributed by atoms with Crippen LogP contribution in [0.2, 0.25) is 0 Å². The summed E-state index contributed by atoms with van der Waals surface area (Å²) in [6.45, 7) is 12.3. The summed E-state index contributed by atoms with van der Waals surface area (Å²) in [4.78, 5) is 17.0. The highest BCUT2D eigenvalue weighted by atomic mass is 16.2. The smallest absolute Gasteiger partial charge is 0.258 e. The summed E-state index contributed by atoms with van der Waals surface area (Å²) in [6.07, 6.45) is 1.62. The van der Waals surface area contributed by atoms with E-state index in [-0.39, 0.29) is 5.91 Å². The molecule has 1 aliphatic rings. The molecule has 0 saturated carbocycles. The Morgan fingerprint density at radius 1 is 1.26 bits per heavy atom. The van der Waals surface area contributed by atoms with Crippen molar-refractivity contribution in [2.24, 2.45) is 5.92 Å². The van der Waals surface area contributed by atoms with Gasteiger partial charge in [0.25, 0.3) is 5.91 Å². The van der Waals surface area contributed by atoms with Crippen molar-refractivity contribution >= 4 is 5.91 Å². The molecule has 0 bridgehead atoms. The van der Waals surface area contributed by atoms with Crippen LogP contribution in [-0.2, 0) is 12.8 Å². The fourth-order valence-corrected chi connectivity index (χ4v) is 3.83. The molecule has 2 heterocycles. The number of likely N-dealkylation sites (N-methyl/N-ethyl adjacent to an activating group) is 1. The van der Waals surface area contributed by atoms with Gasteiger partial charge in [0.15, 0.2) is 0 Å². The summed E-state index contributed by atoms with van der Waals surface area (Å²) in [7, 11) is 2.19. The summed E-state index contributed by atoms with van der Waals surface area (Å²) in [5, 5.41) is 4.93. The summed E-state index contributed by atoms with van der Waals surface area (Å²) >= 11 is 0. The van der Waals surface area contributed by atoms with Gasteiger partial charge in [-0.1, -0.05) is 32.9 Å². The van der Waals surface area contributed by atoms with Crippen LogP contribution in [0.1, 0.15) is 48.1 Å². The molecule has 1 fully saturated rings. The lowest BCUT2D eigenvalue weighted by Gasteiger charge is -2.30. The molecule has 1 amide bonds. The Morgan fingerprint density at radius 3 is 2.56 bits per heavy atom. The van der Waals surface area contributed by atoms with Crippen LogP contribution < -0.4 is 4.90 Å². The average molecular weight is 370 g/mol. The van der Waals surface area contributed by atoms with E-state index in [4.69, 9.17) is 5.10 Å². The number of quaternary nitrogens is 1. The highest BCUT2D eigenvalue weighted by Gasteiger charge is 2.30. The van der Waals surface area contributed by atoms with Crippen LogP contribution in [0.5, 0.6) is 0 Å². The first kappa shape index (κ1) is 19.6. The van der Waals surface area contributed by atoms with E-state index in [0.29, 0.717) is 5.92 Å². The Bertz CT molecular complexity index is 801.